The van der Waals surface area contributed by atoms with Gasteiger partial charge in [-0.1, -0.05) is 0 Å². The minimum Gasteiger partial charge on any atom is -0.309 e. The first-order valence-corrected chi connectivity index (χ1v) is 3.05. The van der Waals surface area contributed by atoms with E-state index in [1.165, 1.54) is 0 Å². The summed E-state index contributed by atoms with van der Waals surface area (Å²) in [5.41, 5.74) is 0.682. The van der Waals surface area contributed by atoms with Crippen molar-refractivity contribution in [3.05, 3.63) is 0 Å². The Labute approximate surface area is 54.2 Å². The van der Waals surface area contributed by atoms with Crippen LogP contribution >= 0.6 is 0 Å². The average Bonchev–Trinajstić information content (AvgIpc) is 1.90. The van der Waals surface area contributed by atoms with E-state index in [1.54, 1.807) is 6.92 Å². The van der Waals surface area contributed by atoms with Crippen molar-refractivity contribution >= 4 is 11.5 Å². The number of hydrogen-bond donors (Lipinski definition) is 1. The Balaban J connectivity index is 2.57. The fraction of sp³-hybridized carbons (Fsp3) is 0.667. The third-order valence-electron chi connectivity index (χ3n) is 1.29. The summed E-state index contributed by atoms with van der Waals surface area (Å²) in [6.07, 6.45) is 0. The zero-order valence-electron chi connectivity index (χ0n) is 5.48. The maximum Gasteiger partial charge on any atom is 0.174 e. The van der Waals surface area contributed by atoms with Crippen LogP contribution in [0.1, 0.15) is 6.92 Å². The summed E-state index contributed by atoms with van der Waals surface area (Å²) in [6, 6.07) is 0. The number of nitrogens with one attached hydrogen (secondary N) is 1. The molecule has 0 aromatic carbocycles. The lowest BCUT2D eigenvalue weighted by atomic mass is 10.2. The zero-order valence-corrected chi connectivity index (χ0v) is 5.48. The summed E-state index contributed by atoms with van der Waals surface area (Å²) in [7, 11) is 0. The van der Waals surface area contributed by atoms with Gasteiger partial charge >= 0.3 is 0 Å². The van der Waals surface area contributed by atoms with E-state index in [9.17, 15) is 4.79 Å². The minimum absolute atomic E-state index is 0.0854. The Morgan fingerprint density at radius 1 is 1.78 bits per heavy atom. The van der Waals surface area contributed by atoms with Crippen LogP contribution in [0.15, 0.2) is 4.99 Å². The van der Waals surface area contributed by atoms with Gasteiger partial charge in [-0.3, -0.25) is 9.79 Å². The summed E-state index contributed by atoms with van der Waals surface area (Å²) >= 11 is 0. The molecule has 1 heterocycles. The highest BCUT2D eigenvalue weighted by molar-refractivity contribution is 6.39. The van der Waals surface area contributed by atoms with Gasteiger partial charge in [-0.25, -0.2) is 0 Å². The van der Waals surface area contributed by atoms with Gasteiger partial charge in [0, 0.05) is 20.0 Å². The SMILES string of the molecule is CC(=O)C1=NCCNC1. The second-order valence-electron chi connectivity index (χ2n) is 2.06. The molecule has 0 unspecified atom stereocenters. The first-order chi connectivity index (χ1) is 4.30. The lowest BCUT2D eigenvalue weighted by molar-refractivity contribution is -0.111. The third kappa shape index (κ3) is 1.61. The van der Waals surface area contributed by atoms with Crippen LogP contribution in [0.5, 0.6) is 0 Å². The van der Waals surface area contributed by atoms with Crippen molar-refractivity contribution in [3.63, 3.8) is 0 Å². The van der Waals surface area contributed by atoms with Crippen LogP contribution < -0.4 is 5.32 Å². The molecule has 0 fully saturated rings. The summed E-state index contributed by atoms with van der Waals surface area (Å²) in [4.78, 5) is 14.7. The lowest BCUT2D eigenvalue weighted by Crippen LogP contribution is -2.34. The molecule has 3 heteroatoms. The van der Waals surface area contributed by atoms with Gasteiger partial charge in [-0.15, -0.1) is 0 Å². The lowest BCUT2D eigenvalue weighted by Gasteiger charge is -2.09. The molecule has 1 N–H and O–H groups in total. The van der Waals surface area contributed by atoms with Crippen molar-refractivity contribution < 1.29 is 4.79 Å². The molecule has 1 rings (SSSR count). The van der Waals surface area contributed by atoms with Crippen LogP contribution in [0.3, 0.4) is 0 Å². The topological polar surface area (TPSA) is 41.5 Å². The molecule has 0 saturated carbocycles. The third-order valence-corrected chi connectivity index (χ3v) is 1.29. The molecule has 0 aromatic rings. The highest BCUT2D eigenvalue weighted by atomic mass is 16.1. The number of aliphatic imine (C=N–C) groups is 1. The number of Topliss-reactive ketones (excluding diaryl/α,β-unsaturated/α-hetero) is 1. The molecule has 50 valence electrons. The maximum absolute atomic E-state index is 10.6. The molecule has 3 nitrogen and oxygen atoms in total. The standard InChI is InChI=1S/C6H10N2O/c1-5(9)6-4-7-2-3-8-6/h7H,2-4H2,1H3. The van der Waals surface area contributed by atoms with Crippen molar-refractivity contribution in [2.45, 2.75) is 6.92 Å². The predicted molar refractivity (Wildman–Crippen MR) is 35.9 cm³/mol. The van der Waals surface area contributed by atoms with E-state index in [-0.39, 0.29) is 5.78 Å². The Morgan fingerprint density at radius 3 is 2.89 bits per heavy atom. The largest absolute Gasteiger partial charge is 0.309 e. The molecule has 0 aliphatic carbocycles. The molecule has 1 aliphatic rings. The van der Waals surface area contributed by atoms with Gasteiger partial charge in [-0.05, 0) is 0 Å². The Morgan fingerprint density at radius 2 is 2.56 bits per heavy atom. The highest BCUT2D eigenvalue weighted by Crippen LogP contribution is 1.85. The number of carbonyl (C=O) groups is 1. The van der Waals surface area contributed by atoms with Gasteiger partial charge < -0.3 is 5.32 Å². The van der Waals surface area contributed by atoms with Crippen LogP contribution in [-0.4, -0.2) is 31.1 Å². The molecule has 0 amide bonds. The van der Waals surface area contributed by atoms with E-state index in [0.717, 1.165) is 13.1 Å². The van der Waals surface area contributed by atoms with Crippen LogP contribution in [0.2, 0.25) is 0 Å². The summed E-state index contributed by atoms with van der Waals surface area (Å²) in [6.45, 7) is 3.84. The molecular formula is C6H10N2O. The first-order valence-electron chi connectivity index (χ1n) is 3.05. The van der Waals surface area contributed by atoms with E-state index in [0.29, 0.717) is 12.3 Å². The minimum atomic E-state index is 0.0854. The molecule has 0 bridgehead atoms. The number of hydrogen-bond acceptors (Lipinski definition) is 3. The smallest absolute Gasteiger partial charge is 0.174 e. The molecule has 0 spiro atoms. The summed E-state index contributed by atoms with van der Waals surface area (Å²) in [5, 5.41) is 3.06. The van der Waals surface area contributed by atoms with E-state index >= 15 is 0 Å². The predicted octanol–water partition coefficient (Wildman–Crippen LogP) is -0.380. The molecule has 1 aliphatic heterocycles. The fourth-order valence-corrected chi connectivity index (χ4v) is 0.768. The van der Waals surface area contributed by atoms with E-state index in [1.807, 2.05) is 0 Å². The molecule has 0 aromatic heterocycles. The quantitative estimate of drug-likeness (QED) is 0.520. The molecule has 9 heavy (non-hydrogen) atoms. The number of rotatable bonds is 1. The van der Waals surface area contributed by atoms with Crippen LogP contribution in [0, 0.1) is 0 Å². The van der Waals surface area contributed by atoms with E-state index in [2.05, 4.69) is 10.3 Å². The van der Waals surface area contributed by atoms with Crippen molar-refractivity contribution in [3.8, 4) is 0 Å². The number of nitrogens with zero attached hydrogens (tertiary/aromatic N) is 1. The van der Waals surface area contributed by atoms with Gasteiger partial charge in [-0.2, -0.15) is 0 Å². The fourth-order valence-electron chi connectivity index (χ4n) is 0.768. The van der Waals surface area contributed by atoms with Gasteiger partial charge in [0.1, 0.15) is 0 Å². The van der Waals surface area contributed by atoms with Gasteiger partial charge in [0.05, 0.1) is 12.3 Å². The summed E-state index contributed by atoms with van der Waals surface area (Å²) in [5.74, 6) is 0.0854. The molecule has 0 atom stereocenters. The molecule has 0 radical (unpaired) electrons. The van der Waals surface area contributed by atoms with E-state index in [4.69, 9.17) is 0 Å². The van der Waals surface area contributed by atoms with Gasteiger partial charge in [0.2, 0.25) is 0 Å². The van der Waals surface area contributed by atoms with Crippen molar-refractivity contribution in [2.24, 2.45) is 4.99 Å². The second kappa shape index (κ2) is 2.73. The van der Waals surface area contributed by atoms with Crippen LogP contribution in [0.25, 0.3) is 0 Å². The second-order valence-corrected chi connectivity index (χ2v) is 2.06. The summed E-state index contributed by atoms with van der Waals surface area (Å²) < 4.78 is 0. The molecular weight excluding hydrogens is 116 g/mol. The number of carbonyl (C=O) groups excluding carboxylic acids is 1. The Bertz CT molecular complexity index is 151. The van der Waals surface area contributed by atoms with Crippen LogP contribution in [-0.2, 0) is 4.79 Å². The monoisotopic (exact) mass is 126 g/mol. The van der Waals surface area contributed by atoms with E-state index < -0.39 is 0 Å². The van der Waals surface area contributed by atoms with Gasteiger partial charge in [0.15, 0.2) is 5.78 Å². The number of ketones is 1. The Hall–Kier alpha value is -0.700. The zero-order chi connectivity index (χ0) is 6.69. The maximum atomic E-state index is 10.6. The molecule has 0 saturated heterocycles. The highest BCUT2D eigenvalue weighted by Gasteiger charge is 2.07. The van der Waals surface area contributed by atoms with Crippen molar-refractivity contribution in [1.82, 2.24) is 5.32 Å². The van der Waals surface area contributed by atoms with Crippen molar-refractivity contribution in [1.29, 1.82) is 0 Å². The van der Waals surface area contributed by atoms with Crippen molar-refractivity contribution in [2.75, 3.05) is 19.6 Å². The average molecular weight is 126 g/mol. The van der Waals surface area contributed by atoms with Crippen LogP contribution in [0.4, 0.5) is 0 Å². The Kier molecular flexibility index (Phi) is 1.95. The van der Waals surface area contributed by atoms with Gasteiger partial charge in [0.25, 0.3) is 0 Å². The first kappa shape index (κ1) is 6.42. The normalized spacial score (nSPS) is 19.0.